The second-order valence-corrected chi connectivity index (χ2v) is 4.52. The number of ether oxygens (including phenoxy) is 1. The molecule has 104 valence electrons. The predicted octanol–water partition coefficient (Wildman–Crippen LogP) is 2.62. The van der Waals surface area contributed by atoms with Gasteiger partial charge in [0.05, 0.1) is 4.92 Å². The fourth-order valence-electron chi connectivity index (χ4n) is 2.25. The third-order valence-electron chi connectivity index (χ3n) is 3.17. The van der Waals surface area contributed by atoms with Crippen LogP contribution in [-0.2, 0) is 4.74 Å². The fourth-order valence-corrected chi connectivity index (χ4v) is 2.25. The summed E-state index contributed by atoms with van der Waals surface area (Å²) in [6.07, 6.45) is 1.76. The molecule has 1 aromatic rings. The number of benzene rings is 1. The fraction of sp³-hybridized carbons (Fsp3) is 0.538. The van der Waals surface area contributed by atoms with E-state index in [2.05, 4.69) is 10.6 Å². The molecule has 6 nitrogen and oxygen atoms in total. The maximum absolute atomic E-state index is 11.3. The Morgan fingerprint density at radius 2 is 2.05 bits per heavy atom. The van der Waals surface area contributed by atoms with E-state index in [1.807, 2.05) is 13.0 Å². The topological polar surface area (TPSA) is 76.4 Å². The molecule has 0 radical (unpaired) electrons. The number of nitro groups is 1. The minimum atomic E-state index is -0.334. The molecule has 0 amide bonds. The summed E-state index contributed by atoms with van der Waals surface area (Å²) in [4.78, 5) is 10.9. The quantitative estimate of drug-likeness (QED) is 0.632. The van der Waals surface area contributed by atoms with Crippen molar-refractivity contribution in [1.82, 2.24) is 0 Å². The van der Waals surface area contributed by atoms with Gasteiger partial charge in [-0.2, -0.15) is 0 Å². The lowest BCUT2D eigenvalue weighted by atomic mass is 10.1. The summed E-state index contributed by atoms with van der Waals surface area (Å²) in [5, 5.41) is 17.6. The van der Waals surface area contributed by atoms with Crippen LogP contribution in [0.15, 0.2) is 18.2 Å². The van der Waals surface area contributed by atoms with Crippen molar-refractivity contribution in [2.75, 3.05) is 30.4 Å². The second-order valence-electron chi connectivity index (χ2n) is 4.52. The summed E-state index contributed by atoms with van der Waals surface area (Å²) >= 11 is 0. The van der Waals surface area contributed by atoms with E-state index in [1.54, 1.807) is 12.1 Å². The normalized spacial score (nSPS) is 16.1. The molecule has 1 heterocycles. The molecule has 2 rings (SSSR count). The molecule has 1 aliphatic rings. The molecule has 0 bridgehead atoms. The summed E-state index contributed by atoms with van der Waals surface area (Å²) in [6.45, 7) is 3.99. The summed E-state index contributed by atoms with van der Waals surface area (Å²) in [6, 6.07) is 5.56. The van der Waals surface area contributed by atoms with Gasteiger partial charge in [-0.05, 0) is 31.9 Å². The molecule has 0 atom stereocenters. The molecule has 19 heavy (non-hydrogen) atoms. The van der Waals surface area contributed by atoms with E-state index in [9.17, 15) is 10.1 Å². The maximum Gasteiger partial charge on any atom is 0.315 e. The first-order chi connectivity index (χ1) is 9.22. The van der Waals surface area contributed by atoms with Gasteiger partial charge in [0.1, 0.15) is 11.4 Å². The van der Waals surface area contributed by atoms with Gasteiger partial charge >= 0.3 is 5.69 Å². The lowest BCUT2D eigenvalue weighted by Gasteiger charge is -2.24. The van der Waals surface area contributed by atoms with Gasteiger partial charge in [0.25, 0.3) is 0 Å². The van der Waals surface area contributed by atoms with Crippen LogP contribution in [0.25, 0.3) is 0 Å². The Kier molecular flexibility index (Phi) is 4.57. The highest BCUT2D eigenvalue weighted by Crippen LogP contribution is 2.33. The lowest BCUT2D eigenvalue weighted by molar-refractivity contribution is -0.383. The van der Waals surface area contributed by atoms with Crippen LogP contribution < -0.4 is 10.6 Å². The van der Waals surface area contributed by atoms with Gasteiger partial charge in [-0.15, -0.1) is 0 Å². The van der Waals surface area contributed by atoms with Crippen LogP contribution in [0.3, 0.4) is 0 Å². The average Bonchev–Trinajstić information content (AvgIpc) is 2.40. The van der Waals surface area contributed by atoms with Crippen LogP contribution in [0.2, 0.25) is 0 Å². The van der Waals surface area contributed by atoms with Crippen molar-refractivity contribution in [3.05, 3.63) is 28.3 Å². The van der Waals surface area contributed by atoms with Gasteiger partial charge in [0.2, 0.25) is 0 Å². The van der Waals surface area contributed by atoms with Crippen molar-refractivity contribution in [2.45, 2.75) is 25.8 Å². The molecule has 0 aromatic heterocycles. The summed E-state index contributed by atoms with van der Waals surface area (Å²) in [5.74, 6) is 0. The third-order valence-corrected chi connectivity index (χ3v) is 3.17. The Hall–Kier alpha value is -1.82. The standard InChI is InChI=1S/C13H19N3O3/c1-2-14-11-4-3-5-12(13(11)16(17)18)15-10-6-8-19-9-7-10/h3-5,10,14-15H,2,6-9H2,1H3. The van der Waals surface area contributed by atoms with Crippen molar-refractivity contribution in [1.29, 1.82) is 0 Å². The van der Waals surface area contributed by atoms with E-state index in [4.69, 9.17) is 4.74 Å². The Labute approximate surface area is 112 Å². The molecule has 1 aromatic carbocycles. The van der Waals surface area contributed by atoms with E-state index in [0.717, 1.165) is 12.8 Å². The molecule has 0 saturated carbocycles. The molecular formula is C13H19N3O3. The first-order valence-corrected chi connectivity index (χ1v) is 6.58. The second kappa shape index (κ2) is 6.38. The molecule has 1 saturated heterocycles. The van der Waals surface area contributed by atoms with E-state index in [1.165, 1.54) is 0 Å². The van der Waals surface area contributed by atoms with Gasteiger partial charge in [-0.3, -0.25) is 10.1 Å². The predicted molar refractivity (Wildman–Crippen MR) is 74.7 cm³/mol. The van der Waals surface area contributed by atoms with Crippen LogP contribution in [0, 0.1) is 10.1 Å². The number of anilines is 2. The first-order valence-electron chi connectivity index (χ1n) is 6.58. The smallest absolute Gasteiger partial charge is 0.315 e. The van der Waals surface area contributed by atoms with Gasteiger partial charge in [-0.25, -0.2) is 0 Å². The van der Waals surface area contributed by atoms with Gasteiger partial charge < -0.3 is 15.4 Å². The van der Waals surface area contributed by atoms with Crippen molar-refractivity contribution >= 4 is 17.1 Å². The highest BCUT2D eigenvalue weighted by Gasteiger charge is 2.22. The number of nitrogens with zero attached hydrogens (tertiary/aromatic N) is 1. The number of hydrogen-bond acceptors (Lipinski definition) is 5. The van der Waals surface area contributed by atoms with Crippen molar-refractivity contribution < 1.29 is 9.66 Å². The number of nitrogens with one attached hydrogen (secondary N) is 2. The molecule has 0 unspecified atom stereocenters. The number of para-hydroxylation sites is 1. The van der Waals surface area contributed by atoms with Crippen LogP contribution in [0.1, 0.15) is 19.8 Å². The van der Waals surface area contributed by atoms with Crippen molar-refractivity contribution in [3.63, 3.8) is 0 Å². The SMILES string of the molecule is CCNc1cccc(NC2CCOCC2)c1[N+](=O)[O-]. The van der Waals surface area contributed by atoms with Gasteiger partial charge in [0, 0.05) is 25.8 Å². The maximum atomic E-state index is 11.3. The zero-order chi connectivity index (χ0) is 13.7. The molecule has 0 spiro atoms. The minimum Gasteiger partial charge on any atom is -0.381 e. The largest absolute Gasteiger partial charge is 0.381 e. The van der Waals surface area contributed by atoms with Gasteiger partial charge in [0.15, 0.2) is 0 Å². The molecule has 6 heteroatoms. The Morgan fingerprint density at radius 1 is 1.37 bits per heavy atom. The summed E-state index contributed by atoms with van der Waals surface area (Å²) in [7, 11) is 0. The lowest BCUT2D eigenvalue weighted by Crippen LogP contribution is -2.28. The van der Waals surface area contributed by atoms with E-state index in [-0.39, 0.29) is 16.7 Å². The number of rotatable bonds is 5. The molecular weight excluding hydrogens is 246 g/mol. The van der Waals surface area contributed by atoms with Crippen molar-refractivity contribution in [2.24, 2.45) is 0 Å². The van der Waals surface area contributed by atoms with E-state index in [0.29, 0.717) is 31.1 Å². The minimum absolute atomic E-state index is 0.121. The monoisotopic (exact) mass is 265 g/mol. The van der Waals surface area contributed by atoms with Crippen LogP contribution >= 0.6 is 0 Å². The van der Waals surface area contributed by atoms with Gasteiger partial charge in [-0.1, -0.05) is 6.07 Å². The Bertz CT molecular complexity index is 445. The van der Waals surface area contributed by atoms with Crippen LogP contribution in [0.4, 0.5) is 17.1 Å². The molecule has 1 aliphatic heterocycles. The number of hydrogen-bond donors (Lipinski definition) is 2. The zero-order valence-corrected chi connectivity index (χ0v) is 11.0. The first kappa shape index (κ1) is 13.6. The third kappa shape index (κ3) is 3.35. The number of nitro benzene ring substituents is 1. The Morgan fingerprint density at radius 3 is 2.68 bits per heavy atom. The summed E-state index contributed by atoms with van der Waals surface area (Å²) < 4.78 is 5.29. The molecule has 1 fully saturated rings. The average molecular weight is 265 g/mol. The highest BCUT2D eigenvalue weighted by molar-refractivity contribution is 5.76. The van der Waals surface area contributed by atoms with Crippen LogP contribution in [-0.4, -0.2) is 30.7 Å². The zero-order valence-electron chi connectivity index (χ0n) is 11.0. The van der Waals surface area contributed by atoms with E-state index < -0.39 is 0 Å². The Balaban J connectivity index is 2.22. The highest BCUT2D eigenvalue weighted by atomic mass is 16.6. The van der Waals surface area contributed by atoms with Crippen molar-refractivity contribution in [3.8, 4) is 0 Å². The molecule has 0 aliphatic carbocycles. The van der Waals surface area contributed by atoms with Crippen LogP contribution in [0.5, 0.6) is 0 Å². The summed E-state index contributed by atoms with van der Waals surface area (Å²) in [5.41, 5.74) is 1.26. The van der Waals surface area contributed by atoms with E-state index >= 15 is 0 Å². The molecule has 2 N–H and O–H groups in total.